The summed E-state index contributed by atoms with van der Waals surface area (Å²) in [6, 6.07) is 3.01. The van der Waals surface area contributed by atoms with Crippen LogP contribution in [-0.2, 0) is 9.47 Å². The Balaban J connectivity index is 2.16. The van der Waals surface area contributed by atoms with Crippen LogP contribution in [0.5, 0.6) is 11.5 Å². The summed E-state index contributed by atoms with van der Waals surface area (Å²) in [6.45, 7) is 6.94. The Kier molecular flexibility index (Phi) is 8.05. The number of Topliss-reactive ketones (excluding diaryl/α,β-unsaturated/α-hetero) is 1. The van der Waals surface area contributed by atoms with Gasteiger partial charge in [-0.15, -0.1) is 0 Å². The van der Waals surface area contributed by atoms with E-state index in [0.717, 1.165) is 0 Å². The summed E-state index contributed by atoms with van der Waals surface area (Å²) < 4.78 is 21.5. The van der Waals surface area contributed by atoms with Crippen molar-refractivity contribution in [1.82, 2.24) is 4.98 Å². The van der Waals surface area contributed by atoms with Crippen molar-refractivity contribution in [3.63, 3.8) is 0 Å². The van der Waals surface area contributed by atoms with Crippen LogP contribution in [0.2, 0.25) is 0 Å². The van der Waals surface area contributed by atoms with Gasteiger partial charge in [0.15, 0.2) is 18.1 Å². The number of aromatic amines is 1. The van der Waals surface area contributed by atoms with Gasteiger partial charge in [0.05, 0.1) is 41.6 Å². The quantitative estimate of drug-likeness (QED) is 0.425. The molecule has 0 aliphatic heterocycles. The van der Waals surface area contributed by atoms with E-state index in [-0.39, 0.29) is 17.9 Å². The van der Waals surface area contributed by atoms with Crippen LogP contribution in [-0.4, -0.2) is 49.6 Å². The third kappa shape index (κ3) is 5.02. The van der Waals surface area contributed by atoms with Crippen LogP contribution in [0.15, 0.2) is 16.6 Å². The van der Waals surface area contributed by atoms with E-state index in [1.165, 1.54) is 19.2 Å². The van der Waals surface area contributed by atoms with Crippen molar-refractivity contribution in [2.45, 2.75) is 27.7 Å². The summed E-state index contributed by atoms with van der Waals surface area (Å²) in [6.07, 6.45) is 0. The van der Waals surface area contributed by atoms with Gasteiger partial charge in [0.2, 0.25) is 5.78 Å². The van der Waals surface area contributed by atoms with Crippen molar-refractivity contribution in [2.24, 2.45) is 0 Å². The number of H-pyrrole nitrogens is 1. The predicted octanol–water partition coefficient (Wildman–Crippen LogP) is 4.02. The third-order valence-corrected chi connectivity index (χ3v) is 4.87. The van der Waals surface area contributed by atoms with Crippen LogP contribution in [0, 0.1) is 13.8 Å². The predicted molar refractivity (Wildman–Crippen MR) is 113 cm³/mol. The molecule has 0 atom stereocenters. The highest BCUT2D eigenvalue weighted by Crippen LogP contribution is 2.36. The number of nitrogens with one attached hydrogen (secondary N) is 1. The molecule has 0 amide bonds. The lowest BCUT2D eigenvalue weighted by Gasteiger charge is -2.13. The molecule has 0 saturated heterocycles. The minimum atomic E-state index is -0.695. The summed E-state index contributed by atoms with van der Waals surface area (Å²) in [5.41, 5.74) is 1.69. The van der Waals surface area contributed by atoms with E-state index in [1.807, 2.05) is 6.92 Å². The first-order chi connectivity index (χ1) is 14.2. The molecule has 0 unspecified atom stereocenters. The topological polar surface area (TPSA) is 104 Å². The van der Waals surface area contributed by atoms with Gasteiger partial charge in [-0.25, -0.2) is 9.59 Å². The van der Waals surface area contributed by atoms with Crippen molar-refractivity contribution < 1.29 is 33.3 Å². The fourth-order valence-electron chi connectivity index (χ4n) is 2.97. The summed E-state index contributed by atoms with van der Waals surface area (Å²) in [7, 11) is 1.49. The van der Waals surface area contributed by atoms with Gasteiger partial charge in [0.1, 0.15) is 0 Å². The number of methoxy groups -OCH3 is 1. The molecule has 0 radical (unpaired) electrons. The number of ether oxygens (including phenoxy) is 4. The van der Waals surface area contributed by atoms with Gasteiger partial charge in [-0.2, -0.15) is 0 Å². The molecule has 1 aromatic heterocycles. The first kappa shape index (κ1) is 23.5. The third-order valence-electron chi connectivity index (χ3n) is 4.28. The lowest BCUT2D eigenvalue weighted by Crippen LogP contribution is -2.16. The second kappa shape index (κ2) is 10.3. The zero-order chi connectivity index (χ0) is 22.4. The first-order valence-corrected chi connectivity index (χ1v) is 10.1. The molecule has 2 aromatic rings. The highest BCUT2D eigenvalue weighted by Gasteiger charge is 2.24. The molecule has 1 N–H and O–H groups in total. The number of halogens is 1. The molecule has 162 valence electrons. The van der Waals surface area contributed by atoms with E-state index in [1.54, 1.807) is 20.8 Å². The maximum absolute atomic E-state index is 12.6. The summed E-state index contributed by atoms with van der Waals surface area (Å²) in [4.78, 5) is 40.0. The van der Waals surface area contributed by atoms with Crippen molar-refractivity contribution in [3.8, 4) is 11.5 Å². The lowest BCUT2D eigenvalue weighted by molar-refractivity contribution is 0.0471. The lowest BCUT2D eigenvalue weighted by atomic mass is 10.1. The van der Waals surface area contributed by atoms with Crippen LogP contribution >= 0.6 is 15.9 Å². The number of carbonyl (C=O) groups is 3. The number of hydrogen-bond donors (Lipinski definition) is 1. The molecule has 0 aliphatic rings. The molecule has 0 saturated carbocycles. The smallest absolute Gasteiger partial charge is 0.340 e. The Morgan fingerprint density at radius 2 is 1.73 bits per heavy atom. The van der Waals surface area contributed by atoms with E-state index in [2.05, 4.69) is 20.9 Å². The first-order valence-electron chi connectivity index (χ1n) is 9.31. The van der Waals surface area contributed by atoms with Crippen LogP contribution in [0.1, 0.15) is 56.3 Å². The summed E-state index contributed by atoms with van der Waals surface area (Å²) in [5.74, 6) is -0.835. The normalized spacial score (nSPS) is 10.5. The van der Waals surface area contributed by atoms with Gasteiger partial charge in [0, 0.05) is 5.69 Å². The van der Waals surface area contributed by atoms with Crippen molar-refractivity contribution in [1.29, 1.82) is 0 Å². The zero-order valence-corrected chi connectivity index (χ0v) is 19.1. The van der Waals surface area contributed by atoms with E-state index < -0.39 is 24.3 Å². The monoisotopic (exact) mass is 481 g/mol. The number of carbonyl (C=O) groups excluding carboxylic acids is 3. The van der Waals surface area contributed by atoms with E-state index in [4.69, 9.17) is 18.9 Å². The van der Waals surface area contributed by atoms with E-state index in [0.29, 0.717) is 39.4 Å². The minimum absolute atomic E-state index is 0.200. The average molecular weight is 482 g/mol. The second-order valence-electron chi connectivity index (χ2n) is 6.27. The number of rotatable bonds is 9. The van der Waals surface area contributed by atoms with E-state index in [9.17, 15) is 14.4 Å². The molecule has 2 rings (SSSR count). The Hall–Kier alpha value is -2.81. The van der Waals surface area contributed by atoms with E-state index >= 15 is 0 Å². The zero-order valence-electron chi connectivity index (χ0n) is 17.5. The number of benzene rings is 1. The molecular weight excluding hydrogens is 458 g/mol. The Bertz CT molecular complexity index is 965. The van der Waals surface area contributed by atoms with Gasteiger partial charge < -0.3 is 23.9 Å². The number of ketones is 1. The highest BCUT2D eigenvalue weighted by molar-refractivity contribution is 9.10. The summed E-state index contributed by atoms with van der Waals surface area (Å²) >= 11 is 3.33. The molecule has 1 aromatic carbocycles. The van der Waals surface area contributed by atoms with Crippen molar-refractivity contribution in [2.75, 3.05) is 26.9 Å². The maximum Gasteiger partial charge on any atom is 0.340 e. The van der Waals surface area contributed by atoms with Crippen LogP contribution < -0.4 is 9.47 Å². The number of esters is 2. The molecule has 0 bridgehead atoms. The molecule has 0 aliphatic carbocycles. The molecule has 1 heterocycles. The molecule has 9 heteroatoms. The van der Waals surface area contributed by atoms with Gasteiger partial charge >= 0.3 is 11.9 Å². The molecule has 0 spiro atoms. The Morgan fingerprint density at radius 3 is 2.33 bits per heavy atom. The molecule has 8 nitrogen and oxygen atoms in total. The SMILES string of the molecule is CCOC(=O)c1c(C)[nH]c(C(=O)COC(=O)c2cc(Br)c(OC)c(OCC)c2)c1C. The van der Waals surface area contributed by atoms with Crippen molar-refractivity contribution in [3.05, 3.63) is 44.7 Å². The standard InChI is InChI=1S/C21H24BrNO7/c1-6-28-16-9-13(8-14(22)19(16)27-5)20(25)30-10-15(24)18-11(3)17(12(4)23-18)21(26)29-7-2/h8-9,23H,6-7,10H2,1-5H3. The maximum atomic E-state index is 12.6. The summed E-state index contributed by atoms with van der Waals surface area (Å²) in [5, 5.41) is 0. The number of aryl methyl sites for hydroxylation is 1. The second-order valence-corrected chi connectivity index (χ2v) is 7.12. The fraction of sp³-hybridized carbons (Fsp3) is 0.381. The molecular formula is C21H24BrNO7. The average Bonchev–Trinajstić information content (AvgIpc) is 3.00. The number of hydrogen-bond acceptors (Lipinski definition) is 7. The van der Waals surface area contributed by atoms with Crippen molar-refractivity contribution >= 4 is 33.7 Å². The van der Waals surface area contributed by atoms with Gasteiger partial charge in [-0.3, -0.25) is 4.79 Å². The highest BCUT2D eigenvalue weighted by atomic mass is 79.9. The van der Waals surface area contributed by atoms with Crippen LogP contribution in [0.4, 0.5) is 0 Å². The largest absolute Gasteiger partial charge is 0.492 e. The van der Waals surface area contributed by atoms with Crippen LogP contribution in [0.25, 0.3) is 0 Å². The van der Waals surface area contributed by atoms with Crippen LogP contribution in [0.3, 0.4) is 0 Å². The molecule has 30 heavy (non-hydrogen) atoms. The fourth-order valence-corrected chi connectivity index (χ4v) is 3.58. The van der Waals surface area contributed by atoms with Gasteiger partial charge in [0.25, 0.3) is 0 Å². The molecule has 0 fully saturated rings. The minimum Gasteiger partial charge on any atom is -0.492 e. The Morgan fingerprint density at radius 1 is 1.03 bits per heavy atom. The van der Waals surface area contributed by atoms with Gasteiger partial charge in [-0.05, 0) is 61.3 Å². The number of aromatic nitrogens is 1. The Labute approximate surface area is 183 Å². The van der Waals surface area contributed by atoms with Gasteiger partial charge in [-0.1, -0.05) is 0 Å².